The van der Waals surface area contributed by atoms with Gasteiger partial charge in [0.25, 0.3) is 0 Å². The first-order chi connectivity index (χ1) is 6.50. The maximum absolute atomic E-state index is 10.4. The second kappa shape index (κ2) is 8.95. The molecule has 1 aromatic rings. The number of hydrogen-bond donors (Lipinski definition) is 4. The molecule has 1 rings (SSSR count). The number of hydrogen-bond acceptors (Lipinski definition) is 4. The van der Waals surface area contributed by atoms with Gasteiger partial charge >= 0.3 is 5.97 Å². The molecule has 0 bridgehead atoms. The molecular weight excluding hydrogens is 427 g/mol. The van der Waals surface area contributed by atoms with Gasteiger partial charge in [-0.05, 0) is 24.1 Å². The molecule has 5 nitrogen and oxygen atoms in total. The Morgan fingerprint density at radius 1 is 1.31 bits per heavy atom. The summed E-state index contributed by atoms with van der Waals surface area (Å²) in [6.45, 7) is 0. The maximum Gasteiger partial charge on any atom is 0.320 e. The Bertz CT molecular complexity index is 361. The van der Waals surface area contributed by atoms with Gasteiger partial charge in [0, 0.05) is 82.1 Å². The summed E-state index contributed by atoms with van der Waals surface area (Å²) in [6, 6.07) is 3.09. The minimum absolute atomic E-state index is 0. The Morgan fingerprint density at radius 2 is 1.88 bits per heavy atom. The third-order valence-electron chi connectivity index (χ3n) is 1.81. The fourth-order valence-electron chi connectivity index (χ4n) is 1.04. The van der Waals surface area contributed by atoms with E-state index in [1.807, 2.05) is 0 Å². The van der Waals surface area contributed by atoms with Crippen LogP contribution in [0.2, 0.25) is 0 Å². The van der Waals surface area contributed by atoms with Gasteiger partial charge in [-0.3, -0.25) is 4.79 Å². The fraction of sp³-hybridized carbons (Fsp3) is 0.222. The van der Waals surface area contributed by atoms with E-state index in [0.717, 1.165) is 0 Å². The number of carboxylic acids is 1. The number of rotatable bonds is 3. The summed E-state index contributed by atoms with van der Waals surface area (Å²) < 4.78 is 0. The van der Waals surface area contributed by atoms with E-state index in [2.05, 4.69) is 0 Å². The Morgan fingerprint density at radius 3 is 2.31 bits per heavy atom. The van der Waals surface area contributed by atoms with Gasteiger partial charge in [-0.15, -0.1) is 0 Å². The van der Waals surface area contributed by atoms with E-state index in [4.69, 9.17) is 21.1 Å². The molecule has 0 amide bonds. The Kier molecular flexibility index (Phi) is 10.8. The first-order valence-electron chi connectivity index (χ1n) is 4.00. The predicted molar refractivity (Wildman–Crippen MR) is 49.1 cm³/mol. The average molecular weight is 438 g/mol. The van der Waals surface area contributed by atoms with Gasteiger partial charge in [-0.25, -0.2) is 0 Å². The van der Waals surface area contributed by atoms with Crippen molar-refractivity contribution >= 4 is 5.97 Å². The molecule has 86 valence electrons. The predicted octanol–water partition coefficient (Wildman–Crippen LogP) is 0.0497. The molecule has 1 aromatic carbocycles. The Balaban J connectivity index is 0. The fourth-order valence-corrected chi connectivity index (χ4v) is 1.04. The van der Waals surface area contributed by atoms with Crippen molar-refractivity contribution in [3.05, 3.63) is 23.8 Å². The van der Waals surface area contributed by atoms with Crippen LogP contribution in [0.4, 0.5) is 0 Å². The quantitative estimate of drug-likeness (QED) is 0.500. The number of phenolic OH excluding ortho intramolecular Hbond substituents is 2. The van der Waals surface area contributed by atoms with Crippen molar-refractivity contribution < 1.29 is 102 Å². The molecule has 0 aliphatic rings. The smallest absolute Gasteiger partial charge is 0.320 e. The molecular formula is C9H11EuNO4Y. The first-order valence-corrected chi connectivity index (χ1v) is 4.00. The van der Waals surface area contributed by atoms with Crippen molar-refractivity contribution in [2.45, 2.75) is 12.5 Å². The molecule has 0 aromatic heterocycles. The van der Waals surface area contributed by atoms with E-state index in [1.165, 1.54) is 18.2 Å². The van der Waals surface area contributed by atoms with Crippen molar-refractivity contribution in [2.75, 3.05) is 0 Å². The van der Waals surface area contributed by atoms with Gasteiger partial charge < -0.3 is 21.1 Å². The van der Waals surface area contributed by atoms with Crippen LogP contribution in [-0.2, 0) is 43.9 Å². The Labute approximate surface area is 159 Å². The normalized spacial score (nSPS) is 10.8. The number of carbonyl (C=O) groups is 1. The van der Waals surface area contributed by atoms with Gasteiger partial charge in [0.1, 0.15) is 6.04 Å². The number of aliphatic carboxylic acids is 1. The van der Waals surface area contributed by atoms with Crippen molar-refractivity contribution in [1.82, 2.24) is 0 Å². The van der Waals surface area contributed by atoms with Crippen molar-refractivity contribution in [3.63, 3.8) is 0 Å². The van der Waals surface area contributed by atoms with Gasteiger partial charge in [0.15, 0.2) is 11.5 Å². The van der Waals surface area contributed by atoms with Gasteiger partial charge in [0.05, 0.1) is 0 Å². The van der Waals surface area contributed by atoms with Crippen molar-refractivity contribution in [3.8, 4) is 11.5 Å². The van der Waals surface area contributed by atoms with E-state index < -0.39 is 12.0 Å². The third kappa shape index (κ3) is 6.03. The standard InChI is InChI=1S/C9H11NO4.Eu.Y/c10-6(9(13)14)3-5-1-2-7(11)8(12)4-5;;/h1-2,4,6,11-12H,3,10H2,(H,13,14);;/t6-;;/m0../s1. The summed E-state index contributed by atoms with van der Waals surface area (Å²) in [7, 11) is 0. The van der Waals surface area contributed by atoms with Gasteiger partial charge in [-0.2, -0.15) is 0 Å². The molecule has 0 fully saturated rings. The van der Waals surface area contributed by atoms with E-state index in [0.29, 0.717) is 5.56 Å². The molecule has 0 aliphatic heterocycles. The minimum Gasteiger partial charge on any atom is -0.504 e. The first kappa shape index (κ1) is 19.3. The van der Waals surface area contributed by atoms with Gasteiger partial charge in [0.2, 0.25) is 0 Å². The molecule has 7 heteroatoms. The zero-order valence-electron chi connectivity index (χ0n) is 8.30. The largest absolute Gasteiger partial charge is 0.504 e. The van der Waals surface area contributed by atoms with E-state index in [1.54, 1.807) is 0 Å². The summed E-state index contributed by atoms with van der Waals surface area (Å²) in [5.74, 6) is -1.62. The average Bonchev–Trinajstić information content (AvgIpc) is 2.11. The number of aromatic hydroxyl groups is 2. The summed E-state index contributed by atoms with van der Waals surface area (Å²) in [4.78, 5) is 10.4. The number of carboxylic acid groups (broad SMARTS) is 1. The van der Waals surface area contributed by atoms with Crippen LogP contribution >= 0.6 is 0 Å². The maximum atomic E-state index is 10.4. The molecule has 16 heavy (non-hydrogen) atoms. The van der Waals surface area contributed by atoms with Crippen LogP contribution in [0.5, 0.6) is 11.5 Å². The molecule has 2 radical (unpaired) electrons. The Hall–Kier alpha value is 0.938. The number of phenols is 2. The second-order valence-electron chi connectivity index (χ2n) is 2.97. The van der Waals surface area contributed by atoms with Crippen LogP contribution in [0, 0.1) is 49.4 Å². The van der Waals surface area contributed by atoms with Crippen LogP contribution in [0.3, 0.4) is 0 Å². The molecule has 5 N–H and O–H groups in total. The zero-order chi connectivity index (χ0) is 10.7. The molecule has 0 saturated heterocycles. The van der Waals surface area contributed by atoms with Crippen LogP contribution < -0.4 is 5.73 Å². The van der Waals surface area contributed by atoms with E-state index in [9.17, 15) is 4.79 Å². The van der Waals surface area contributed by atoms with Crippen LogP contribution in [0.25, 0.3) is 0 Å². The second-order valence-corrected chi connectivity index (χ2v) is 2.97. The zero-order valence-corrected chi connectivity index (χ0v) is 13.6. The van der Waals surface area contributed by atoms with Gasteiger partial charge in [-0.1, -0.05) is 6.07 Å². The number of benzene rings is 1. The summed E-state index contributed by atoms with van der Waals surface area (Å²) in [5, 5.41) is 26.6. The topological polar surface area (TPSA) is 104 Å². The van der Waals surface area contributed by atoms with Crippen molar-refractivity contribution in [1.29, 1.82) is 0 Å². The van der Waals surface area contributed by atoms with Crippen LogP contribution in [-0.4, -0.2) is 27.3 Å². The summed E-state index contributed by atoms with van der Waals surface area (Å²) in [6.07, 6.45) is 0.114. The molecule has 1 atom stereocenters. The van der Waals surface area contributed by atoms with E-state index >= 15 is 0 Å². The summed E-state index contributed by atoms with van der Waals surface area (Å²) >= 11 is 0. The SMILES string of the molecule is N[C@@H](Cc1ccc(O)c(O)c1)C(=O)O.[Eu].[Y]. The molecule has 0 saturated carbocycles. The van der Waals surface area contributed by atoms with Crippen molar-refractivity contribution in [2.24, 2.45) is 5.73 Å². The molecule has 0 spiro atoms. The monoisotopic (exact) mass is 439 g/mol. The number of nitrogens with two attached hydrogens (primary N) is 1. The van der Waals surface area contributed by atoms with Crippen LogP contribution in [0.15, 0.2) is 18.2 Å². The molecule has 0 heterocycles. The van der Waals surface area contributed by atoms with E-state index in [-0.39, 0.29) is 100 Å². The minimum atomic E-state index is -1.10. The third-order valence-corrected chi connectivity index (χ3v) is 1.81. The molecule has 0 unspecified atom stereocenters. The molecule has 0 aliphatic carbocycles. The van der Waals surface area contributed by atoms with Crippen LogP contribution in [0.1, 0.15) is 5.56 Å². The summed E-state index contributed by atoms with van der Waals surface area (Å²) in [5.41, 5.74) is 5.86.